The van der Waals surface area contributed by atoms with Crippen LogP contribution in [-0.2, 0) is 0 Å². The summed E-state index contributed by atoms with van der Waals surface area (Å²) >= 11 is 3.52. The summed E-state index contributed by atoms with van der Waals surface area (Å²) in [6.45, 7) is 2.44. The predicted molar refractivity (Wildman–Crippen MR) is 75.2 cm³/mol. The zero-order chi connectivity index (χ0) is 12.0. The minimum Gasteiger partial charge on any atom is -0.300 e. The molecule has 3 rings (SSSR count). The SMILES string of the molecule is CC1C(c2ccc(Br)cc2)CC2CCC1N2C. The average molecular weight is 294 g/mol. The number of nitrogens with zero attached hydrogens (tertiary/aromatic N) is 1. The van der Waals surface area contributed by atoms with Gasteiger partial charge in [-0.1, -0.05) is 35.0 Å². The maximum absolute atomic E-state index is 3.52. The van der Waals surface area contributed by atoms with E-state index in [9.17, 15) is 0 Å². The molecule has 92 valence electrons. The van der Waals surface area contributed by atoms with Crippen molar-refractivity contribution in [1.29, 1.82) is 0 Å². The second-order valence-corrected chi connectivity index (χ2v) is 6.63. The van der Waals surface area contributed by atoms with Crippen molar-refractivity contribution in [3.8, 4) is 0 Å². The third kappa shape index (κ3) is 1.96. The van der Waals surface area contributed by atoms with Gasteiger partial charge in [-0.15, -0.1) is 0 Å². The van der Waals surface area contributed by atoms with Crippen LogP contribution in [0.4, 0.5) is 0 Å². The smallest absolute Gasteiger partial charge is 0.0175 e. The lowest BCUT2D eigenvalue weighted by Crippen LogP contribution is -2.44. The van der Waals surface area contributed by atoms with Gasteiger partial charge in [-0.3, -0.25) is 0 Å². The Morgan fingerprint density at radius 1 is 1.18 bits per heavy atom. The number of halogens is 1. The summed E-state index contributed by atoms with van der Waals surface area (Å²) in [5, 5.41) is 0. The summed E-state index contributed by atoms with van der Waals surface area (Å²) in [4.78, 5) is 2.63. The minimum atomic E-state index is 0.761. The molecule has 0 amide bonds. The third-order valence-corrected chi connectivity index (χ3v) is 5.49. The molecule has 2 saturated heterocycles. The van der Waals surface area contributed by atoms with Gasteiger partial charge in [-0.25, -0.2) is 0 Å². The molecule has 0 aliphatic carbocycles. The highest BCUT2D eigenvalue weighted by molar-refractivity contribution is 9.10. The monoisotopic (exact) mass is 293 g/mol. The first-order valence-corrected chi connectivity index (χ1v) is 7.43. The van der Waals surface area contributed by atoms with Crippen molar-refractivity contribution in [3.63, 3.8) is 0 Å². The van der Waals surface area contributed by atoms with Gasteiger partial charge in [0.05, 0.1) is 0 Å². The minimum absolute atomic E-state index is 0.761. The Hall–Kier alpha value is -0.340. The van der Waals surface area contributed by atoms with Crippen LogP contribution < -0.4 is 0 Å². The van der Waals surface area contributed by atoms with Crippen molar-refractivity contribution in [3.05, 3.63) is 34.3 Å². The summed E-state index contributed by atoms with van der Waals surface area (Å²) in [5.41, 5.74) is 1.53. The van der Waals surface area contributed by atoms with Crippen LogP contribution in [-0.4, -0.2) is 24.0 Å². The first-order chi connectivity index (χ1) is 8.16. The Bertz CT molecular complexity index is 400. The molecule has 2 aliphatic rings. The van der Waals surface area contributed by atoms with E-state index in [4.69, 9.17) is 0 Å². The zero-order valence-electron chi connectivity index (χ0n) is 10.6. The molecule has 0 N–H and O–H groups in total. The van der Waals surface area contributed by atoms with E-state index < -0.39 is 0 Å². The van der Waals surface area contributed by atoms with Crippen LogP contribution in [0.3, 0.4) is 0 Å². The van der Waals surface area contributed by atoms with Crippen LogP contribution >= 0.6 is 15.9 Å². The van der Waals surface area contributed by atoms with E-state index in [1.165, 1.54) is 29.3 Å². The number of hydrogen-bond acceptors (Lipinski definition) is 1. The Balaban J connectivity index is 1.87. The molecule has 17 heavy (non-hydrogen) atoms. The van der Waals surface area contributed by atoms with Gasteiger partial charge in [0, 0.05) is 16.6 Å². The van der Waals surface area contributed by atoms with Crippen molar-refractivity contribution in [2.24, 2.45) is 5.92 Å². The Kier molecular flexibility index (Phi) is 3.04. The molecule has 4 unspecified atom stereocenters. The van der Waals surface area contributed by atoms with Gasteiger partial charge < -0.3 is 4.90 Å². The Labute approximate surface area is 112 Å². The molecule has 1 aromatic carbocycles. The largest absolute Gasteiger partial charge is 0.300 e. The fourth-order valence-electron chi connectivity index (χ4n) is 3.88. The highest BCUT2D eigenvalue weighted by Gasteiger charge is 2.43. The average Bonchev–Trinajstić information content (AvgIpc) is 2.58. The van der Waals surface area contributed by atoms with E-state index in [0.717, 1.165) is 23.9 Å². The van der Waals surface area contributed by atoms with Crippen LogP contribution in [0.2, 0.25) is 0 Å². The van der Waals surface area contributed by atoms with Crippen molar-refractivity contribution in [2.75, 3.05) is 7.05 Å². The van der Waals surface area contributed by atoms with Crippen LogP contribution in [0.5, 0.6) is 0 Å². The summed E-state index contributed by atoms with van der Waals surface area (Å²) in [5.74, 6) is 1.55. The number of fused-ring (bicyclic) bond motifs is 2. The summed E-state index contributed by atoms with van der Waals surface area (Å²) in [6.07, 6.45) is 4.14. The summed E-state index contributed by atoms with van der Waals surface area (Å²) in [7, 11) is 2.32. The topological polar surface area (TPSA) is 3.24 Å². The molecular weight excluding hydrogens is 274 g/mol. The van der Waals surface area contributed by atoms with Gasteiger partial charge in [0.15, 0.2) is 0 Å². The lowest BCUT2D eigenvalue weighted by atomic mass is 9.77. The molecule has 2 heteroatoms. The van der Waals surface area contributed by atoms with Crippen LogP contribution in [0, 0.1) is 5.92 Å². The van der Waals surface area contributed by atoms with E-state index >= 15 is 0 Å². The molecular formula is C15H20BrN. The second-order valence-electron chi connectivity index (χ2n) is 5.72. The molecule has 0 radical (unpaired) electrons. The molecule has 2 fully saturated rings. The first kappa shape index (κ1) is 11.7. The Morgan fingerprint density at radius 3 is 2.59 bits per heavy atom. The zero-order valence-corrected chi connectivity index (χ0v) is 12.2. The van der Waals surface area contributed by atoms with E-state index in [-0.39, 0.29) is 0 Å². The highest BCUT2D eigenvalue weighted by atomic mass is 79.9. The van der Waals surface area contributed by atoms with Crippen molar-refractivity contribution < 1.29 is 0 Å². The van der Waals surface area contributed by atoms with Crippen molar-refractivity contribution >= 4 is 15.9 Å². The number of piperidine rings is 1. The van der Waals surface area contributed by atoms with Gasteiger partial charge in [0.1, 0.15) is 0 Å². The lowest BCUT2D eigenvalue weighted by molar-refractivity contribution is 0.110. The molecule has 2 aliphatic heterocycles. The van der Waals surface area contributed by atoms with Crippen LogP contribution in [0.15, 0.2) is 28.7 Å². The molecule has 0 spiro atoms. The lowest BCUT2D eigenvalue weighted by Gasteiger charge is -2.41. The maximum Gasteiger partial charge on any atom is 0.0175 e. The first-order valence-electron chi connectivity index (χ1n) is 6.64. The van der Waals surface area contributed by atoms with E-state index in [1.54, 1.807) is 0 Å². The third-order valence-electron chi connectivity index (χ3n) is 4.96. The van der Waals surface area contributed by atoms with Crippen LogP contribution in [0.1, 0.15) is 37.7 Å². The maximum atomic E-state index is 3.52. The molecule has 1 aromatic rings. The van der Waals surface area contributed by atoms with Gasteiger partial charge >= 0.3 is 0 Å². The summed E-state index contributed by atoms with van der Waals surface area (Å²) < 4.78 is 1.19. The fourth-order valence-corrected chi connectivity index (χ4v) is 4.15. The number of benzene rings is 1. The van der Waals surface area contributed by atoms with E-state index in [2.05, 4.69) is 59.1 Å². The van der Waals surface area contributed by atoms with E-state index in [1.807, 2.05) is 0 Å². The summed E-state index contributed by atoms with van der Waals surface area (Å²) in [6, 6.07) is 10.6. The highest BCUT2D eigenvalue weighted by Crippen LogP contribution is 2.45. The number of hydrogen-bond donors (Lipinski definition) is 0. The number of rotatable bonds is 1. The molecule has 0 aromatic heterocycles. The molecule has 1 nitrogen and oxygen atoms in total. The van der Waals surface area contributed by atoms with Crippen molar-refractivity contribution in [2.45, 2.75) is 44.2 Å². The standard InChI is InChI=1S/C15H20BrN/c1-10-14(11-3-5-12(16)6-4-11)9-13-7-8-15(10)17(13)2/h3-6,10,13-15H,7-9H2,1-2H3. The van der Waals surface area contributed by atoms with E-state index in [0.29, 0.717) is 0 Å². The quantitative estimate of drug-likeness (QED) is 0.755. The van der Waals surface area contributed by atoms with Gasteiger partial charge in [0.2, 0.25) is 0 Å². The normalized spacial score (nSPS) is 37.4. The van der Waals surface area contributed by atoms with Gasteiger partial charge in [0.25, 0.3) is 0 Å². The molecule has 2 heterocycles. The van der Waals surface area contributed by atoms with Crippen LogP contribution in [0.25, 0.3) is 0 Å². The molecule has 2 bridgehead atoms. The molecule has 4 atom stereocenters. The van der Waals surface area contributed by atoms with Crippen molar-refractivity contribution in [1.82, 2.24) is 4.90 Å². The Morgan fingerprint density at radius 2 is 1.88 bits per heavy atom. The second kappa shape index (κ2) is 4.40. The van der Waals surface area contributed by atoms with Gasteiger partial charge in [-0.2, -0.15) is 0 Å². The molecule has 0 saturated carbocycles. The fraction of sp³-hybridized carbons (Fsp3) is 0.600. The predicted octanol–water partition coefficient (Wildman–Crippen LogP) is 4.04. The van der Waals surface area contributed by atoms with Gasteiger partial charge in [-0.05, 0) is 55.8 Å².